The monoisotopic (exact) mass is 490 g/mol. The van der Waals surface area contributed by atoms with E-state index in [0.29, 0.717) is 6.42 Å². The highest BCUT2D eigenvalue weighted by Gasteiger charge is 2.39. The molecule has 37 heavy (non-hydrogen) atoms. The molecule has 1 N–H and O–H groups in total. The number of aryl methyl sites for hydroxylation is 3. The first-order valence-electron chi connectivity index (χ1n) is 13.0. The van der Waals surface area contributed by atoms with Gasteiger partial charge in [-0.15, -0.1) is 0 Å². The fourth-order valence-electron chi connectivity index (χ4n) is 5.97. The van der Waals surface area contributed by atoms with Crippen LogP contribution in [0.25, 0.3) is 16.8 Å². The average Bonchev–Trinajstić information content (AvgIpc) is 3.50. The molecular formula is C32H30N2O3. The molecule has 186 valence electrons. The first-order valence-corrected chi connectivity index (χ1v) is 13.0. The normalized spacial score (nSPS) is 16.6. The van der Waals surface area contributed by atoms with E-state index in [4.69, 9.17) is 9.63 Å². The summed E-state index contributed by atoms with van der Waals surface area (Å²) in [6.45, 7) is 2.02. The molecule has 0 amide bonds. The number of anilines is 1. The second-order valence-corrected chi connectivity index (χ2v) is 9.95. The lowest BCUT2D eigenvalue weighted by Crippen LogP contribution is -2.24. The van der Waals surface area contributed by atoms with Crippen LogP contribution in [0, 0.1) is 6.92 Å². The highest BCUT2D eigenvalue weighted by atomic mass is 16.5. The van der Waals surface area contributed by atoms with E-state index in [1.54, 1.807) is 0 Å². The molecule has 0 spiro atoms. The molecule has 1 unspecified atom stereocenters. The van der Waals surface area contributed by atoms with E-state index in [1.807, 2.05) is 25.1 Å². The zero-order valence-electron chi connectivity index (χ0n) is 21.0. The van der Waals surface area contributed by atoms with Crippen LogP contribution in [0.15, 0.2) is 89.1 Å². The number of carboxylic acids is 1. The minimum atomic E-state index is -0.744. The number of fused-ring (bicyclic) bond motifs is 2. The van der Waals surface area contributed by atoms with Gasteiger partial charge in [0.25, 0.3) is 0 Å². The third-order valence-electron chi connectivity index (χ3n) is 7.68. The Kier molecular flexibility index (Phi) is 6.13. The van der Waals surface area contributed by atoms with Crippen molar-refractivity contribution in [2.24, 2.45) is 0 Å². The summed E-state index contributed by atoms with van der Waals surface area (Å²) in [6, 6.07) is 27.8. The van der Waals surface area contributed by atoms with Crippen LogP contribution in [0.3, 0.4) is 0 Å². The molecular weight excluding hydrogens is 460 g/mol. The van der Waals surface area contributed by atoms with Crippen LogP contribution in [0.1, 0.15) is 59.7 Å². The number of aliphatic carboxylic acids is 1. The number of aromatic nitrogens is 1. The predicted molar refractivity (Wildman–Crippen MR) is 145 cm³/mol. The van der Waals surface area contributed by atoms with Crippen molar-refractivity contribution in [2.45, 2.75) is 51.5 Å². The number of rotatable bonds is 7. The Balaban J connectivity index is 1.42. The van der Waals surface area contributed by atoms with Crippen molar-refractivity contribution in [2.75, 3.05) is 4.90 Å². The molecule has 0 radical (unpaired) electrons. The summed E-state index contributed by atoms with van der Waals surface area (Å²) in [6.07, 6.45) is 4.52. The molecule has 4 aromatic rings. The summed E-state index contributed by atoms with van der Waals surface area (Å²) < 4.78 is 5.81. The number of benzene rings is 3. The molecule has 3 aromatic carbocycles. The van der Waals surface area contributed by atoms with Gasteiger partial charge in [0.05, 0.1) is 6.04 Å². The Morgan fingerprint density at radius 2 is 1.76 bits per heavy atom. The smallest absolute Gasteiger partial charge is 0.303 e. The van der Waals surface area contributed by atoms with Gasteiger partial charge in [0.15, 0.2) is 0 Å². The first-order chi connectivity index (χ1) is 18.1. The second kappa shape index (κ2) is 9.74. The van der Waals surface area contributed by atoms with Crippen LogP contribution in [0.5, 0.6) is 0 Å². The van der Waals surface area contributed by atoms with Gasteiger partial charge in [0.2, 0.25) is 0 Å². The van der Waals surface area contributed by atoms with E-state index < -0.39 is 5.97 Å². The fraction of sp³-hybridized carbons (Fsp3) is 0.250. The maximum absolute atomic E-state index is 10.9. The van der Waals surface area contributed by atoms with Gasteiger partial charge in [0, 0.05) is 28.9 Å². The van der Waals surface area contributed by atoms with E-state index in [0.717, 1.165) is 59.5 Å². The first kappa shape index (κ1) is 23.3. The van der Waals surface area contributed by atoms with Crippen LogP contribution in [-0.2, 0) is 17.6 Å². The lowest BCUT2D eigenvalue weighted by molar-refractivity contribution is -0.137. The summed E-state index contributed by atoms with van der Waals surface area (Å²) in [4.78, 5) is 13.4. The fourth-order valence-corrected chi connectivity index (χ4v) is 5.97. The number of carbonyl (C=O) groups is 1. The van der Waals surface area contributed by atoms with Gasteiger partial charge >= 0.3 is 5.97 Å². The minimum absolute atomic E-state index is 0.0791. The number of allylic oxidation sites excluding steroid dienone is 1. The van der Waals surface area contributed by atoms with Crippen molar-refractivity contribution >= 4 is 17.2 Å². The molecule has 2 heterocycles. The SMILES string of the molecule is Cc1onc(-c2ccccc2)c1C1CC2=C(CCc3ccccc32)N1c1ccc(CCCC(=O)O)cc1. The van der Waals surface area contributed by atoms with Crippen LogP contribution in [0.4, 0.5) is 5.69 Å². The molecule has 0 fully saturated rings. The van der Waals surface area contributed by atoms with Gasteiger partial charge in [-0.2, -0.15) is 0 Å². The third kappa shape index (κ3) is 4.35. The standard InChI is InChI=1S/C32H30N2O3/c1-21-31(32(33-37-21)24-10-3-2-4-11-24)29-20-27-26-12-6-5-9-23(26)16-19-28(27)34(29)25-17-14-22(15-18-25)8-7-13-30(35)36/h2-6,9-12,14-15,17-18,29H,7-8,13,16,19-20H2,1H3,(H,35,36). The lowest BCUT2D eigenvalue weighted by Gasteiger charge is -2.31. The van der Waals surface area contributed by atoms with Crippen molar-refractivity contribution < 1.29 is 14.4 Å². The van der Waals surface area contributed by atoms with E-state index in [1.165, 1.54) is 22.4 Å². The molecule has 0 bridgehead atoms. The molecule has 1 atom stereocenters. The van der Waals surface area contributed by atoms with E-state index in [-0.39, 0.29) is 12.5 Å². The predicted octanol–water partition coefficient (Wildman–Crippen LogP) is 7.37. The van der Waals surface area contributed by atoms with E-state index in [2.05, 4.69) is 70.7 Å². The van der Waals surface area contributed by atoms with E-state index >= 15 is 0 Å². The van der Waals surface area contributed by atoms with Crippen molar-refractivity contribution in [1.29, 1.82) is 0 Å². The lowest BCUT2D eigenvalue weighted by atomic mass is 9.87. The number of hydrogen-bond acceptors (Lipinski definition) is 4. The molecule has 6 rings (SSSR count). The van der Waals surface area contributed by atoms with Crippen LogP contribution < -0.4 is 4.90 Å². The Labute approximate surface area is 217 Å². The van der Waals surface area contributed by atoms with Crippen LogP contribution >= 0.6 is 0 Å². The molecule has 1 aromatic heterocycles. The Morgan fingerprint density at radius 1 is 1.00 bits per heavy atom. The van der Waals surface area contributed by atoms with Crippen LogP contribution in [-0.4, -0.2) is 16.2 Å². The molecule has 5 nitrogen and oxygen atoms in total. The van der Waals surface area contributed by atoms with Crippen molar-refractivity contribution in [3.05, 3.63) is 113 Å². The van der Waals surface area contributed by atoms with Crippen molar-refractivity contribution in [1.82, 2.24) is 5.16 Å². The van der Waals surface area contributed by atoms with Gasteiger partial charge in [0.1, 0.15) is 11.5 Å². The summed E-state index contributed by atoms with van der Waals surface area (Å²) in [5, 5.41) is 13.5. The second-order valence-electron chi connectivity index (χ2n) is 9.95. The van der Waals surface area contributed by atoms with Crippen LogP contribution in [0.2, 0.25) is 0 Å². The highest BCUT2D eigenvalue weighted by molar-refractivity contribution is 5.83. The number of hydrogen-bond donors (Lipinski definition) is 1. The largest absolute Gasteiger partial charge is 0.481 e. The van der Waals surface area contributed by atoms with Crippen molar-refractivity contribution in [3.63, 3.8) is 0 Å². The number of carboxylic acid groups (broad SMARTS) is 1. The van der Waals surface area contributed by atoms with Gasteiger partial charge in [-0.05, 0) is 73.4 Å². The van der Waals surface area contributed by atoms with Gasteiger partial charge in [-0.3, -0.25) is 4.79 Å². The molecule has 2 aliphatic rings. The minimum Gasteiger partial charge on any atom is -0.481 e. The third-order valence-corrected chi connectivity index (χ3v) is 7.68. The van der Waals surface area contributed by atoms with Crippen molar-refractivity contribution in [3.8, 4) is 11.3 Å². The maximum atomic E-state index is 10.9. The average molecular weight is 491 g/mol. The van der Waals surface area contributed by atoms with E-state index in [9.17, 15) is 4.79 Å². The molecule has 5 heteroatoms. The summed E-state index contributed by atoms with van der Waals surface area (Å²) in [7, 11) is 0. The molecule has 1 aliphatic heterocycles. The molecule has 1 aliphatic carbocycles. The quantitative estimate of drug-likeness (QED) is 0.293. The van der Waals surface area contributed by atoms with Gasteiger partial charge in [-0.25, -0.2) is 0 Å². The zero-order valence-corrected chi connectivity index (χ0v) is 21.0. The topological polar surface area (TPSA) is 66.6 Å². The maximum Gasteiger partial charge on any atom is 0.303 e. The summed E-state index contributed by atoms with van der Waals surface area (Å²) in [5.74, 6) is 0.110. The summed E-state index contributed by atoms with van der Waals surface area (Å²) >= 11 is 0. The highest BCUT2D eigenvalue weighted by Crippen LogP contribution is 2.52. The Bertz CT molecular complexity index is 1470. The van der Waals surface area contributed by atoms with Gasteiger partial charge in [-0.1, -0.05) is 71.9 Å². The Morgan fingerprint density at radius 3 is 2.54 bits per heavy atom. The molecule has 0 saturated carbocycles. The number of nitrogens with zero attached hydrogens (tertiary/aromatic N) is 2. The summed E-state index contributed by atoms with van der Waals surface area (Å²) in [5.41, 5.74) is 11.0. The Hall–Kier alpha value is -4.12. The van der Waals surface area contributed by atoms with Gasteiger partial charge < -0.3 is 14.5 Å². The zero-order chi connectivity index (χ0) is 25.4. The molecule has 0 saturated heterocycles.